The summed E-state index contributed by atoms with van der Waals surface area (Å²) < 4.78 is 24.0. The molecule has 1 aromatic rings. The van der Waals surface area contributed by atoms with Crippen LogP contribution in [0.3, 0.4) is 0 Å². The maximum absolute atomic E-state index is 12.0. The monoisotopic (exact) mass is 236 g/mol. The molecule has 1 saturated carbocycles. The summed E-state index contributed by atoms with van der Waals surface area (Å²) in [5.74, 6) is 0. The first-order valence-corrected chi connectivity index (χ1v) is 7.23. The van der Waals surface area contributed by atoms with Gasteiger partial charge in [0.2, 0.25) is 0 Å². The largest absolute Gasteiger partial charge is 0.219 e. The Morgan fingerprint density at radius 1 is 0.938 bits per heavy atom. The number of hydrogen-bond acceptors (Lipinski definition) is 2. The molecule has 3 heteroatoms. The van der Waals surface area contributed by atoms with E-state index in [0.29, 0.717) is 4.90 Å². The van der Waals surface area contributed by atoms with Crippen LogP contribution in [-0.2, 0) is 9.84 Å². The standard InChI is InChI=1S/C13H16O2S/c14-16(15,13-9-5-2-6-10-13)11-12-7-3-1-4-8-12/h2,5-6,9-11H,1,3-4,7-8H2. The van der Waals surface area contributed by atoms with Gasteiger partial charge in [-0.1, -0.05) is 30.2 Å². The predicted octanol–water partition coefficient (Wildman–Crippen LogP) is 3.31. The molecule has 0 heterocycles. The number of allylic oxidation sites excluding steroid dienone is 1. The first-order valence-electron chi connectivity index (χ1n) is 5.68. The molecule has 2 nitrogen and oxygen atoms in total. The number of rotatable bonds is 2. The molecule has 0 radical (unpaired) electrons. The van der Waals surface area contributed by atoms with Gasteiger partial charge in [-0.15, -0.1) is 0 Å². The lowest BCUT2D eigenvalue weighted by atomic mass is 9.96. The minimum absolute atomic E-state index is 0.396. The van der Waals surface area contributed by atoms with Crippen molar-refractivity contribution < 1.29 is 8.42 Å². The van der Waals surface area contributed by atoms with Gasteiger partial charge < -0.3 is 0 Å². The highest BCUT2D eigenvalue weighted by atomic mass is 32.2. The summed E-state index contributed by atoms with van der Waals surface area (Å²) in [6, 6.07) is 8.63. The zero-order valence-corrected chi connectivity index (χ0v) is 10.0. The van der Waals surface area contributed by atoms with Gasteiger partial charge in [0, 0.05) is 5.41 Å². The van der Waals surface area contributed by atoms with E-state index < -0.39 is 9.84 Å². The van der Waals surface area contributed by atoms with Crippen LogP contribution in [0.2, 0.25) is 0 Å². The maximum atomic E-state index is 12.0. The molecule has 0 aliphatic heterocycles. The third-order valence-electron chi connectivity index (χ3n) is 2.89. The van der Waals surface area contributed by atoms with E-state index in [1.807, 2.05) is 6.07 Å². The van der Waals surface area contributed by atoms with E-state index >= 15 is 0 Å². The van der Waals surface area contributed by atoms with E-state index in [-0.39, 0.29) is 0 Å². The molecule has 1 fully saturated rings. The number of hydrogen-bond donors (Lipinski definition) is 0. The lowest BCUT2D eigenvalue weighted by Crippen LogP contribution is -2.01. The lowest BCUT2D eigenvalue weighted by Gasteiger charge is -2.13. The van der Waals surface area contributed by atoms with E-state index in [1.165, 1.54) is 11.8 Å². The second kappa shape index (κ2) is 4.83. The Morgan fingerprint density at radius 3 is 2.19 bits per heavy atom. The van der Waals surface area contributed by atoms with Gasteiger partial charge in [-0.2, -0.15) is 0 Å². The second-order valence-corrected chi connectivity index (χ2v) is 5.99. The Balaban J connectivity index is 2.26. The molecule has 86 valence electrons. The fourth-order valence-corrected chi connectivity index (χ4v) is 3.37. The van der Waals surface area contributed by atoms with E-state index in [9.17, 15) is 8.42 Å². The molecule has 16 heavy (non-hydrogen) atoms. The molecule has 0 amide bonds. The zero-order chi connectivity index (χ0) is 11.4. The van der Waals surface area contributed by atoms with Crippen LogP contribution in [-0.4, -0.2) is 8.42 Å². The van der Waals surface area contributed by atoms with Crippen LogP contribution in [0.4, 0.5) is 0 Å². The first-order chi connectivity index (χ1) is 7.68. The molecular formula is C13H16O2S. The topological polar surface area (TPSA) is 34.1 Å². The maximum Gasteiger partial charge on any atom is 0.199 e. The molecule has 0 aromatic heterocycles. The Kier molecular flexibility index (Phi) is 3.44. The average molecular weight is 236 g/mol. The third kappa shape index (κ3) is 2.73. The second-order valence-electron chi connectivity index (χ2n) is 4.19. The SMILES string of the molecule is O=S(=O)(C=C1CCCCC1)c1ccccc1. The van der Waals surface area contributed by atoms with E-state index in [1.54, 1.807) is 24.3 Å². The summed E-state index contributed by atoms with van der Waals surface area (Å²) in [4.78, 5) is 0.396. The van der Waals surface area contributed by atoms with Gasteiger partial charge >= 0.3 is 0 Å². The van der Waals surface area contributed by atoms with Crippen molar-refractivity contribution in [3.05, 3.63) is 41.3 Å². The van der Waals surface area contributed by atoms with E-state index in [4.69, 9.17) is 0 Å². The molecule has 1 aromatic carbocycles. The van der Waals surface area contributed by atoms with E-state index in [0.717, 1.165) is 31.3 Å². The summed E-state index contributed by atoms with van der Waals surface area (Å²) in [6.07, 6.45) is 5.34. The van der Waals surface area contributed by atoms with Crippen LogP contribution in [0, 0.1) is 0 Å². The zero-order valence-electron chi connectivity index (χ0n) is 9.22. The summed E-state index contributed by atoms with van der Waals surface area (Å²) in [5.41, 5.74) is 1.08. The summed E-state index contributed by atoms with van der Waals surface area (Å²) in [7, 11) is -3.22. The number of sulfone groups is 1. The van der Waals surface area contributed by atoms with Crippen molar-refractivity contribution in [1.29, 1.82) is 0 Å². The molecule has 1 aliphatic carbocycles. The average Bonchev–Trinajstić information content (AvgIpc) is 2.31. The molecule has 2 rings (SSSR count). The Hall–Kier alpha value is -1.09. The molecule has 0 N–H and O–H groups in total. The van der Waals surface area contributed by atoms with Gasteiger partial charge in [0.05, 0.1) is 4.90 Å². The van der Waals surface area contributed by atoms with Crippen LogP contribution in [0.5, 0.6) is 0 Å². The van der Waals surface area contributed by atoms with Crippen LogP contribution in [0.15, 0.2) is 46.2 Å². The van der Waals surface area contributed by atoms with Crippen LogP contribution in [0.25, 0.3) is 0 Å². The number of benzene rings is 1. The van der Waals surface area contributed by atoms with Crippen LogP contribution >= 0.6 is 0 Å². The van der Waals surface area contributed by atoms with Crippen molar-refractivity contribution in [2.24, 2.45) is 0 Å². The molecule has 0 atom stereocenters. The quantitative estimate of drug-likeness (QED) is 0.789. The molecular weight excluding hydrogens is 220 g/mol. The van der Waals surface area contributed by atoms with Gasteiger partial charge in [0.25, 0.3) is 0 Å². The van der Waals surface area contributed by atoms with Crippen molar-refractivity contribution in [3.63, 3.8) is 0 Å². The summed E-state index contributed by atoms with van der Waals surface area (Å²) in [5, 5.41) is 1.47. The summed E-state index contributed by atoms with van der Waals surface area (Å²) >= 11 is 0. The van der Waals surface area contributed by atoms with Crippen molar-refractivity contribution in [3.8, 4) is 0 Å². The first kappa shape index (κ1) is 11.4. The minimum Gasteiger partial charge on any atom is -0.219 e. The van der Waals surface area contributed by atoms with Crippen molar-refractivity contribution in [1.82, 2.24) is 0 Å². The lowest BCUT2D eigenvalue weighted by molar-refractivity contribution is 0.591. The molecule has 0 bridgehead atoms. The fourth-order valence-electron chi connectivity index (χ4n) is 2.02. The fraction of sp³-hybridized carbons (Fsp3) is 0.385. The Bertz CT molecular complexity index is 464. The minimum atomic E-state index is -3.22. The normalized spacial score (nSPS) is 17.1. The Morgan fingerprint density at radius 2 is 1.56 bits per heavy atom. The highest BCUT2D eigenvalue weighted by Gasteiger charge is 2.13. The van der Waals surface area contributed by atoms with Crippen molar-refractivity contribution in [2.45, 2.75) is 37.0 Å². The van der Waals surface area contributed by atoms with Gasteiger partial charge in [0.15, 0.2) is 9.84 Å². The van der Waals surface area contributed by atoms with Gasteiger partial charge in [-0.05, 0) is 37.8 Å². The molecule has 0 spiro atoms. The molecule has 0 unspecified atom stereocenters. The van der Waals surface area contributed by atoms with Crippen molar-refractivity contribution >= 4 is 9.84 Å². The van der Waals surface area contributed by atoms with Crippen LogP contribution in [0.1, 0.15) is 32.1 Å². The highest BCUT2D eigenvalue weighted by Crippen LogP contribution is 2.25. The Labute approximate surface area is 96.9 Å². The smallest absolute Gasteiger partial charge is 0.199 e. The van der Waals surface area contributed by atoms with Crippen LogP contribution < -0.4 is 0 Å². The van der Waals surface area contributed by atoms with E-state index in [2.05, 4.69) is 0 Å². The van der Waals surface area contributed by atoms with Gasteiger partial charge in [-0.3, -0.25) is 0 Å². The summed E-state index contributed by atoms with van der Waals surface area (Å²) in [6.45, 7) is 0. The molecule has 0 saturated heterocycles. The highest BCUT2D eigenvalue weighted by molar-refractivity contribution is 7.94. The molecule has 1 aliphatic rings. The predicted molar refractivity (Wildman–Crippen MR) is 64.8 cm³/mol. The van der Waals surface area contributed by atoms with Crippen molar-refractivity contribution in [2.75, 3.05) is 0 Å². The van der Waals surface area contributed by atoms with Gasteiger partial charge in [0.1, 0.15) is 0 Å². The van der Waals surface area contributed by atoms with Gasteiger partial charge in [-0.25, -0.2) is 8.42 Å². The third-order valence-corrected chi connectivity index (χ3v) is 4.46.